The molecule has 1 rings (SSSR count). The Bertz CT molecular complexity index is 354. The van der Waals surface area contributed by atoms with Crippen LogP contribution in [0, 0.1) is 0 Å². The lowest BCUT2D eigenvalue weighted by Gasteiger charge is -2.21. The van der Waals surface area contributed by atoms with Gasteiger partial charge in [-0.15, -0.1) is 12.4 Å². The van der Waals surface area contributed by atoms with E-state index in [1.165, 1.54) is 12.1 Å². The van der Waals surface area contributed by atoms with Crippen LogP contribution in [-0.4, -0.2) is 33.4 Å². The van der Waals surface area contributed by atoms with E-state index in [0.29, 0.717) is 5.56 Å². The average Bonchev–Trinajstić information content (AvgIpc) is 2.21. The highest BCUT2D eigenvalue weighted by Gasteiger charge is 2.33. The number of carboxylic acid groups (broad SMARTS) is 1. The molecule has 0 heterocycles. The number of rotatable bonds is 4. The molecule has 5 N–H and O–H groups in total. The van der Waals surface area contributed by atoms with Crippen LogP contribution in [-0.2, 0) is 11.2 Å². The Labute approximate surface area is 98.9 Å². The smallest absolute Gasteiger partial charge is 0.326 e. The van der Waals surface area contributed by atoms with Gasteiger partial charge < -0.3 is 21.1 Å². The van der Waals surface area contributed by atoms with E-state index in [-0.39, 0.29) is 24.6 Å². The largest absolute Gasteiger partial charge is 0.508 e. The minimum absolute atomic E-state index is 0. The maximum absolute atomic E-state index is 10.8. The van der Waals surface area contributed by atoms with Crippen molar-refractivity contribution in [2.24, 2.45) is 5.73 Å². The molecule has 0 saturated carbocycles. The van der Waals surface area contributed by atoms with Crippen LogP contribution in [0.15, 0.2) is 24.3 Å². The van der Waals surface area contributed by atoms with Gasteiger partial charge in [-0.3, -0.25) is 4.79 Å². The third-order valence-corrected chi connectivity index (χ3v) is 2.16. The zero-order valence-corrected chi connectivity index (χ0v) is 9.28. The van der Waals surface area contributed by atoms with Gasteiger partial charge in [-0.05, 0) is 17.7 Å². The number of nitrogens with two attached hydrogens (primary N) is 1. The van der Waals surface area contributed by atoms with Crippen molar-refractivity contribution in [1.82, 2.24) is 0 Å². The summed E-state index contributed by atoms with van der Waals surface area (Å²) in [4.78, 5) is 10.8. The van der Waals surface area contributed by atoms with Crippen molar-refractivity contribution in [1.29, 1.82) is 0 Å². The summed E-state index contributed by atoms with van der Waals surface area (Å²) in [5.74, 6) is -1.15. The minimum Gasteiger partial charge on any atom is -0.508 e. The van der Waals surface area contributed by atoms with Crippen LogP contribution in [0.5, 0.6) is 5.75 Å². The number of hydrogen-bond donors (Lipinski definition) is 4. The average molecular weight is 248 g/mol. The first-order valence-electron chi connectivity index (χ1n) is 4.39. The quantitative estimate of drug-likeness (QED) is 0.606. The van der Waals surface area contributed by atoms with E-state index in [2.05, 4.69) is 0 Å². The van der Waals surface area contributed by atoms with Gasteiger partial charge in [0.05, 0.1) is 6.61 Å². The molecule has 0 spiro atoms. The fraction of sp³-hybridized carbons (Fsp3) is 0.300. The van der Waals surface area contributed by atoms with Gasteiger partial charge in [0.25, 0.3) is 0 Å². The van der Waals surface area contributed by atoms with Crippen molar-refractivity contribution in [2.75, 3.05) is 6.61 Å². The molecule has 0 radical (unpaired) electrons. The normalized spacial score (nSPS) is 13.6. The molecule has 6 heteroatoms. The summed E-state index contributed by atoms with van der Waals surface area (Å²) in [5.41, 5.74) is 4.47. The molecule has 1 aromatic rings. The van der Waals surface area contributed by atoms with Gasteiger partial charge in [0.15, 0.2) is 0 Å². The molecular weight excluding hydrogens is 234 g/mol. The number of aliphatic hydroxyl groups excluding tert-OH is 1. The van der Waals surface area contributed by atoms with Gasteiger partial charge in [-0.2, -0.15) is 0 Å². The lowest BCUT2D eigenvalue weighted by Crippen LogP contribution is -2.53. The van der Waals surface area contributed by atoms with E-state index >= 15 is 0 Å². The van der Waals surface area contributed by atoms with Gasteiger partial charge >= 0.3 is 5.97 Å². The molecule has 0 saturated heterocycles. The van der Waals surface area contributed by atoms with Crippen LogP contribution in [0.25, 0.3) is 0 Å². The first-order valence-corrected chi connectivity index (χ1v) is 4.39. The molecule has 0 amide bonds. The van der Waals surface area contributed by atoms with Crippen molar-refractivity contribution in [3.63, 3.8) is 0 Å². The van der Waals surface area contributed by atoms with Gasteiger partial charge in [0.1, 0.15) is 11.3 Å². The number of aliphatic carboxylic acids is 1. The number of carbonyl (C=O) groups is 1. The van der Waals surface area contributed by atoms with Gasteiger partial charge in [-0.25, -0.2) is 0 Å². The monoisotopic (exact) mass is 247 g/mol. The Morgan fingerprint density at radius 3 is 2.19 bits per heavy atom. The van der Waals surface area contributed by atoms with Crippen molar-refractivity contribution in [2.45, 2.75) is 12.0 Å². The highest BCUT2D eigenvalue weighted by Crippen LogP contribution is 2.15. The number of aromatic hydroxyl groups is 1. The van der Waals surface area contributed by atoms with Crippen molar-refractivity contribution in [3.8, 4) is 5.75 Å². The second-order valence-corrected chi connectivity index (χ2v) is 3.46. The van der Waals surface area contributed by atoms with Gasteiger partial charge in [-0.1, -0.05) is 12.1 Å². The van der Waals surface area contributed by atoms with E-state index in [1.807, 2.05) is 0 Å². The first kappa shape index (κ1) is 14.7. The van der Waals surface area contributed by atoms with Gasteiger partial charge in [0.2, 0.25) is 0 Å². The van der Waals surface area contributed by atoms with Crippen LogP contribution < -0.4 is 5.73 Å². The summed E-state index contributed by atoms with van der Waals surface area (Å²) in [6, 6.07) is 6.01. The van der Waals surface area contributed by atoms with Crippen molar-refractivity contribution >= 4 is 18.4 Å². The van der Waals surface area contributed by atoms with E-state index in [1.54, 1.807) is 12.1 Å². The third kappa shape index (κ3) is 3.37. The SMILES string of the molecule is Cl.NC(CO)(Cc1ccc(O)cc1)C(=O)O. The Kier molecular flexibility index (Phi) is 5.23. The Balaban J connectivity index is 0.00000225. The molecule has 0 aromatic heterocycles. The third-order valence-electron chi connectivity index (χ3n) is 2.16. The Hall–Kier alpha value is -1.30. The van der Waals surface area contributed by atoms with E-state index in [0.717, 1.165) is 0 Å². The molecule has 0 bridgehead atoms. The van der Waals surface area contributed by atoms with E-state index < -0.39 is 18.1 Å². The molecule has 1 atom stereocenters. The standard InChI is InChI=1S/C10H13NO4.ClH/c11-10(6-12,9(14)15)5-7-1-3-8(13)4-2-7;/h1-4,12-13H,5-6,11H2,(H,14,15);1H. The maximum Gasteiger partial charge on any atom is 0.326 e. The molecule has 0 fully saturated rings. The molecule has 0 aliphatic heterocycles. The minimum atomic E-state index is -1.67. The molecule has 1 aromatic carbocycles. The number of hydrogen-bond acceptors (Lipinski definition) is 4. The van der Waals surface area contributed by atoms with E-state index in [4.69, 9.17) is 21.1 Å². The number of carboxylic acids is 1. The van der Waals surface area contributed by atoms with Crippen LogP contribution in [0.2, 0.25) is 0 Å². The fourth-order valence-corrected chi connectivity index (χ4v) is 1.18. The Morgan fingerprint density at radius 2 is 1.81 bits per heavy atom. The van der Waals surface area contributed by atoms with Crippen LogP contribution in [0.3, 0.4) is 0 Å². The second-order valence-electron chi connectivity index (χ2n) is 3.46. The lowest BCUT2D eigenvalue weighted by atomic mass is 9.93. The summed E-state index contributed by atoms with van der Waals surface area (Å²) in [5, 5.41) is 26.8. The highest BCUT2D eigenvalue weighted by molar-refractivity contribution is 5.85. The number of phenolic OH excluding ortho intramolecular Hbond substituents is 1. The van der Waals surface area contributed by atoms with Crippen LogP contribution in [0.1, 0.15) is 5.56 Å². The molecule has 1 unspecified atom stereocenters. The zero-order valence-electron chi connectivity index (χ0n) is 8.46. The summed E-state index contributed by atoms with van der Waals surface area (Å²) < 4.78 is 0. The summed E-state index contributed by atoms with van der Waals surface area (Å²) >= 11 is 0. The first-order chi connectivity index (χ1) is 6.98. The van der Waals surface area contributed by atoms with Crippen molar-refractivity contribution in [3.05, 3.63) is 29.8 Å². The molecule has 0 aliphatic carbocycles. The number of aliphatic hydroxyl groups is 1. The maximum atomic E-state index is 10.8. The predicted molar refractivity (Wildman–Crippen MR) is 60.7 cm³/mol. The fourth-order valence-electron chi connectivity index (χ4n) is 1.18. The summed E-state index contributed by atoms with van der Waals surface area (Å²) in [6.07, 6.45) is 0.0130. The van der Waals surface area contributed by atoms with Crippen LogP contribution in [0.4, 0.5) is 0 Å². The summed E-state index contributed by atoms with van der Waals surface area (Å²) in [6.45, 7) is -0.636. The molecule has 90 valence electrons. The molecular formula is C10H14ClNO4. The number of phenols is 1. The molecule has 0 aliphatic rings. The van der Waals surface area contributed by atoms with E-state index in [9.17, 15) is 4.79 Å². The molecule has 5 nitrogen and oxygen atoms in total. The van der Waals surface area contributed by atoms with Gasteiger partial charge in [0, 0.05) is 6.42 Å². The topological polar surface area (TPSA) is 104 Å². The highest BCUT2D eigenvalue weighted by atomic mass is 35.5. The number of halogens is 1. The lowest BCUT2D eigenvalue weighted by molar-refractivity contribution is -0.144. The number of benzene rings is 1. The molecule has 16 heavy (non-hydrogen) atoms. The Morgan fingerprint density at radius 1 is 1.31 bits per heavy atom. The predicted octanol–water partition coefficient (Wildman–Crippen LogP) is 0.131. The second kappa shape index (κ2) is 5.69. The zero-order chi connectivity index (χ0) is 11.5. The van der Waals surface area contributed by atoms with Crippen molar-refractivity contribution < 1.29 is 20.1 Å². The van der Waals surface area contributed by atoms with Crippen LogP contribution >= 0.6 is 12.4 Å². The summed E-state index contributed by atoms with van der Waals surface area (Å²) in [7, 11) is 0.